The van der Waals surface area contributed by atoms with Gasteiger partial charge in [-0.2, -0.15) is 0 Å². The van der Waals surface area contributed by atoms with Crippen LogP contribution in [-0.2, 0) is 7.05 Å². The molecule has 8 rings (SSSR count). The minimum Gasteiger partial charge on any atom is -0.327 e. The number of hydrogen-bond donors (Lipinski definition) is 0. The molecule has 5 nitrogen and oxygen atoms in total. The predicted molar refractivity (Wildman–Crippen MR) is 165 cm³/mol. The first-order valence-corrected chi connectivity index (χ1v) is 14.0. The van der Waals surface area contributed by atoms with Crippen LogP contribution >= 0.6 is 11.3 Å². The number of imidazole rings is 1. The molecule has 0 radical (unpaired) electrons. The Labute approximate surface area is 234 Å². The molecule has 4 heterocycles. The molecule has 0 spiro atoms. The number of pyridine rings is 1. The number of para-hydroxylation sites is 3. The number of rotatable bonds is 4. The number of thiazole rings is 1. The van der Waals surface area contributed by atoms with Crippen molar-refractivity contribution in [1.82, 2.24) is 24.1 Å². The summed E-state index contributed by atoms with van der Waals surface area (Å²) in [6.07, 6.45) is 3.72. The highest BCUT2D eigenvalue weighted by Crippen LogP contribution is 2.42. The lowest BCUT2D eigenvalue weighted by molar-refractivity contribution is 0.959. The van der Waals surface area contributed by atoms with Crippen molar-refractivity contribution in [2.45, 2.75) is 0 Å². The molecule has 0 amide bonds. The number of fused-ring (bicyclic) bond motifs is 4. The predicted octanol–water partition coefficient (Wildman–Crippen LogP) is 8.52. The van der Waals surface area contributed by atoms with Crippen LogP contribution in [0, 0.1) is 0 Å². The topological polar surface area (TPSA) is 48.5 Å². The molecule has 0 aliphatic rings. The van der Waals surface area contributed by atoms with Crippen molar-refractivity contribution < 1.29 is 0 Å². The van der Waals surface area contributed by atoms with Gasteiger partial charge in [-0.25, -0.2) is 9.97 Å². The molecular formula is C34H23N5S. The molecule has 0 atom stereocenters. The molecule has 0 N–H and O–H groups in total. The molecular weight excluding hydrogens is 510 g/mol. The van der Waals surface area contributed by atoms with E-state index in [-0.39, 0.29) is 0 Å². The lowest BCUT2D eigenvalue weighted by atomic mass is 10.0. The second-order valence-electron chi connectivity index (χ2n) is 9.86. The Bertz CT molecular complexity index is 2170. The fourth-order valence-corrected chi connectivity index (χ4v) is 6.43. The summed E-state index contributed by atoms with van der Waals surface area (Å²) in [6, 6.07) is 36.1. The zero-order valence-corrected chi connectivity index (χ0v) is 22.5. The van der Waals surface area contributed by atoms with Crippen molar-refractivity contribution in [2.75, 3.05) is 0 Å². The third-order valence-corrected chi connectivity index (χ3v) is 8.35. The van der Waals surface area contributed by atoms with Gasteiger partial charge in [0.05, 0.1) is 27.8 Å². The normalized spacial score (nSPS) is 11.6. The Morgan fingerprint density at radius 1 is 0.675 bits per heavy atom. The van der Waals surface area contributed by atoms with Gasteiger partial charge in [0, 0.05) is 58.0 Å². The third-order valence-electron chi connectivity index (χ3n) is 7.55. The van der Waals surface area contributed by atoms with E-state index in [4.69, 9.17) is 9.97 Å². The molecule has 0 saturated carbocycles. The Hall–Kier alpha value is -5.07. The van der Waals surface area contributed by atoms with Gasteiger partial charge >= 0.3 is 0 Å². The SMILES string of the molecule is Cn1c(-c2cc(-c3nccs3)c3c4ccccc4n(-c4cccc(-c5ccccn5)c4)c3c2)nc2ccccc21. The van der Waals surface area contributed by atoms with Gasteiger partial charge in [0.25, 0.3) is 0 Å². The lowest BCUT2D eigenvalue weighted by Crippen LogP contribution is -1.97. The van der Waals surface area contributed by atoms with Gasteiger partial charge in [-0.15, -0.1) is 11.3 Å². The molecule has 40 heavy (non-hydrogen) atoms. The van der Waals surface area contributed by atoms with E-state index in [2.05, 4.69) is 106 Å². The minimum atomic E-state index is 0.931. The summed E-state index contributed by atoms with van der Waals surface area (Å²) in [6.45, 7) is 0. The summed E-state index contributed by atoms with van der Waals surface area (Å²) < 4.78 is 4.54. The molecule has 6 heteroatoms. The van der Waals surface area contributed by atoms with Crippen LogP contribution < -0.4 is 0 Å². The summed E-state index contributed by atoms with van der Waals surface area (Å²) in [5, 5.41) is 5.42. The summed E-state index contributed by atoms with van der Waals surface area (Å²) in [4.78, 5) is 14.4. The average molecular weight is 534 g/mol. The fourth-order valence-electron chi connectivity index (χ4n) is 5.77. The largest absolute Gasteiger partial charge is 0.327 e. The smallest absolute Gasteiger partial charge is 0.140 e. The van der Waals surface area contributed by atoms with Gasteiger partial charge in [0.1, 0.15) is 10.8 Å². The standard InChI is InChI=1S/C34H23N5S/c1-38-30-15-5-3-13-28(30)37-33(38)23-20-26(34-36-17-18-40-34)32-25-11-2-4-14-29(25)39(31(32)21-23)24-10-8-9-22(19-24)27-12-6-7-16-35-27/h2-21H,1H3. The van der Waals surface area contributed by atoms with E-state index in [1.807, 2.05) is 36.0 Å². The van der Waals surface area contributed by atoms with Gasteiger partial charge in [0.15, 0.2) is 0 Å². The Kier molecular flexibility index (Phi) is 5.15. The first-order valence-electron chi connectivity index (χ1n) is 13.2. The van der Waals surface area contributed by atoms with Gasteiger partial charge in [-0.1, -0.05) is 48.5 Å². The third kappa shape index (κ3) is 3.50. The maximum Gasteiger partial charge on any atom is 0.140 e. The molecule has 0 saturated heterocycles. The Balaban J connectivity index is 1.48. The van der Waals surface area contributed by atoms with Crippen molar-refractivity contribution in [2.24, 2.45) is 7.05 Å². The molecule has 8 aromatic rings. The molecule has 0 aliphatic heterocycles. The van der Waals surface area contributed by atoms with Gasteiger partial charge in [-0.05, 0) is 54.6 Å². The van der Waals surface area contributed by atoms with E-state index in [1.165, 1.54) is 10.8 Å². The van der Waals surface area contributed by atoms with Crippen LogP contribution in [0.5, 0.6) is 0 Å². The quantitative estimate of drug-likeness (QED) is 0.228. The van der Waals surface area contributed by atoms with Crippen molar-refractivity contribution in [3.63, 3.8) is 0 Å². The Morgan fingerprint density at radius 2 is 1.52 bits per heavy atom. The maximum absolute atomic E-state index is 5.05. The van der Waals surface area contributed by atoms with Crippen LogP contribution in [0.3, 0.4) is 0 Å². The number of nitrogens with zero attached hydrogens (tertiary/aromatic N) is 5. The summed E-state index contributed by atoms with van der Waals surface area (Å²) >= 11 is 1.66. The van der Waals surface area contributed by atoms with Crippen LogP contribution in [0.2, 0.25) is 0 Å². The van der Waals surface area contributed by atoms with Crippen molar-refractivity contribution in [3.8, 4) is 38.9 Å². The van der Waals surface area contributed by atoms with Gasteiger partial charge < -0.3 is 9.13 Å². The second kappa shape index (κ2) is 9.00. The number of benzene rings is 4. The molecule has 0 unspecified atom stereocenters. The van der Waals surface area contributed by atoms with E-state index < -0.39 is 0 Å². The summed E-state index contributed by atoms with van der Waals surface area (Å²) in [7, 11) is 2.09. The van der Waals surface area contributed by atoms with Crippen LogP contribution in [-0.4, -0.2) is 24.1 Å². The van der Waals surface area contributed by atoms with E-state index in [9.17, 15) is 0 Å². The van der Waals surface area contributed by atoms with E-state index in [0.29, 0.717) is 0 Å². The van der Waals surface area contributed by atoms with Gasteiger partial charge in [0.2, 0.25) is 0 Å². The number of aromatic nitrogens is 5. The first kappa shape index (κ1) is 22.9. The number of aryl methyl sites for hydroxylation is 1. The van der Waals surface area contributed by atoms with Crippen LogP contribution in [0.1, 0.15) is 0 Å². The Morgan fingerprint density at radius 3 is 2.35 bits per heavy atom. The molecule has 0 bridgehead atoms. The fraction of sp³-hybridized carbons (Fsp3) is 0.0294. The van der Waals surface area contributed by atoms with E-state index in [1.54, 1.807) is 11.3 Å². The zero-order valence-electron chi connectivity index (χ0n) is 21.7. The highest BCUT2D eigenvalue weighted by Gasteiger charge is 2.21. The van der Waals surface area contributed by atoms with E-state index >= 15 is 0 Å². The maximum atomic E-state index is 5.05. The minimum absolute atomic E-state index is 0.931. The average Bonchev–Trinajstić information content (AvgIpc) is 3.74. The van der Waals surface area contributed by atoms with Crippen LogP contribution in [0.15, 0.2) is 121 Å². The molecule has 4 aromatic carbocycles. The van der Waals surface area contributed by atoms with Crippen molar-refractivity contribution >= 4 is 44.2 Å². The van der Waals surface area contributed by atoms with Crippen molar-refractivity contribution in [1.29, 1.82) is 0 Å². The molecule has 0 aliphatic carbocycles. The summed E-state index contributed by atoms with van der Waals surface area (Å²) in [5.41, 5.74) is 9.65. The van der Waals surface area contributed by atoms with Crippen LogP contribution in [0.4, 0.5) is 0 Å². The zero-order chi connectivity index (χ0) is 26.6. The second-order valence-corrected chi connectivity index (χ2v) is 10.8. The number of hydrogen-bond acceptors (Lipinski definition) is 4. The van der Waals surface area contributed by atoms with Crippen molar-refractivity contribution in [3.05, 3.63) is 121 Å². The monoisotopic (exact) mass is 533 g/mol. The van der Waals surface area contributed by atoms with E-state index in [0.717, 1.165) is 61.0 Å². The lowest BCUT2D eigenvalue weighted by Gasteiger charge is -2.12. The molecule has 0 fully saturated rings. The highest BCUT2D eigenvalue weighted by molar-refractivity contribution is 7.13. The molecule has 4 aromatic heterocycles. The van der Waals surface area contributed by atoms with Gasteiger partial charge in [-0.3, -0.25) is 4.98 Å². The first-order chi connectivity index (χ1) is 19.8. The van der Waals surface area contributed by atoms with Crippen LogP contribution in [0.25, 0.3) is 71.7 Å². The molecule has 190 valence electrons. The highest BCUT2D eigenvalue weighted by atomic mass is 32.1. The summed E-state index contributed by atoms with van der Waals surface area (Å²) in [5.74, 6) is 0.931.